The van der Waals surface area contributed by atoms with Crippen LogP contribution in [0.4, 0.5) is 0 Å². The third kappa shape index (κ3) is 3.60. The van der Waals surface area contributed by atoms with E-state index in [2.05, 4.69) is 29.2 Å². The highest BCUT2D eigenvalue weighted by molar-refractivity contribution is 7.86. The maximum Gasteiger partial charge on any atom is 0.276 e. The van der Waals surface area contributed by atoms with Gasteiger partial charge in [-0.05, 0) is 24.8 Å². The average Bonchev–Trinajstić information content (AvgIpc) is 3.04. The first-order valence-electron chi connectivity index (χ1n) is 7.68. The average molecular weight is 336 g/mol. The molecule has 0 amide bonds. The number of hydrogen-bond donors (Lipinski definition) is 1. The lowest BCUT2D eigenvalue weighted by Crippen LogP contribution is -2.41. The van der Waals surface area contributed by atoms with E-state index in [0.29, 0.717) is 37.6 Å². The largest absolute Gasteiger partial charge is 0.339 e. The molecule has 1 saturated heterocycles. The number of rotatable bonds is 4. The van der Waals surface area contributed by atoms with Crippen LogP contribution in [0.1, 0.15) is 37.1 Å². The Morgan fingerprint density at radius 1 is 1.26 bits per heavy atom. The molecule has 1 aromatic heterocycles. The van der Waals surface area contributed by atoms with Crippen molar-refractivity contribution in [2.45, 2.75) is 32.1 Å². The summed E-state index contributed by atoms with van der Waals surface area (Å²) < 4.78 is 29.3. The molecule has 1 aliphatic heterocycles. The fraction of sp³-hybridized carbons (Fsp3) is 0.467. The minimum Gasteiger partial charge on any atom is -0.339 e. The Morgan fingerprint density at radius 3 is 2.48 bits per heavy atom. The zero-order valence-electron chi connectivity index (χ0n) is 13.0. The molecule has 124 valence electrons. The third-order valence-corrected chi connectivity index (χ3v) is 5.31. The van der Waals surface area contributed by atoms with Gasteiger partial charge in [0.25, 0.3) is 10.2 Å². The summed E-state index contributed by atoms with van der Waals surface area (Å²) in [7, 11) is -3.61. The fourth-order valence-electron chi connectivity index (χ4n) is 2.77. The molecule has 23 heavy (non-hydrogen) atoms. The molecule has 0 spiro atoms. The highest BCUT2D eigenvalue weighted by Crippen LogP contribution is 2.29. The number of piperidine rings is 1. The molecule has 0 saturated carbocycles. The molecular weight excluding hydrogens is 316 g/mol. The van der Waals surface area contributed by atoms with E-state index in [0.717, 1.165) is 12.0 Å². The van der Waals surface area contributed by atoms with Gasteiger partial charge in [0.2, 0.25) is 11.7 Å². The van der Waals surface area contributed by atoms with E-state index in [-0.39, 0.29) is 5.92 Å². The number of hydrogen-bond acceptors (Lipinski definition) is 5. The lowest BCUT2D eigenvalue weighted by atomic mass is 9.98. The Hall–Kier alpha value is -1.77. The number of nitrogens with two attached hydrogens (primary N) is 1. The van der Waals surface area contributed by atoms with Crippen LogP contribution in [-0.2, 0) is 16.6 Å². The maximum absolute atomic E-state index is 11.3. The van der Waals surface area contributed by atoms with Crippen molar-refractivity contribution in [3.8, 4) is 11.4 Å². The molecule has 1 aromatic carbocycles. The van der Waals surface area contributed by atoms with Crippen molar-refractivity contribution in [3.63, 3.8) is 0 Å². The molecule has 3 rings (SSSR count). The summed E-state index contributed by atoms with van der Waals surface area (Å²) in [4.78, 5) is 4.47. The van der Waals surface area contributed by atoms with Crippen molar-refractivity contribution < 1.29 is 12.9 Å². The summed E-state index contributed by atoms with van der Waals surface area (Å²) >= 11 is 0. The van der Waals surface area contributed by atoms with Crippen molar-refractivity contribution in [1.82, 2.24) is 14.4 Å². The smallest absolute Gasteiger partial charge is 0.276 e. The zero-order chi connectivity index (χ0) is 16.4. The van der Waals surface area contributed by atoms with Gasteiger partial charge in [-0.3, -0.25) is 0 Å². The molecule has 7 nitrogen and oxygen atoms in total. The zero-order valence-corrected chi connectivity index (χ0v) is 13.8. The van der Waals surface area contributed by atoms with Crippen molar-refractivity contribution >= 4 is 10.2 Å². The van der Waals surface area contributed by atoms with Crippen LogP contribution in [0.15, 0.2) is 28.8 Å². The van der Waals surface area contributed by atoms with Crippen LogP contribution >= 0.6 is 0 Å². The molecule has 0 aliphatic carbocycles. The van der Waals surface area contributed by atoms with E-state index >= 15 is 0 Å². The summed E-state index contributed by atoms with van der Waals surface area (Å²) in [5, 5.41) is 9.19. The van der Waals surface area contributed by atoms with Gasteiger partial charge in [-0.25, -0.2) is 5.14 Å². The van der Waals surface area contributed by atoms with Crippen LogP contribution in [0.25, 0.3) is 11.4 Å². The lowest BCUT2D eigenvalue weighted by molar-refractivity contribution is 0.271. The number of aryl methyl sites for hydroxylation is 1. The Morgan fingerprint density at radius 2 is 1.91 bits per heavy atom. The predicted octanol–water partition coefficient (Wildman–Crippen LogP) is 1.68. The van der Waals surface area contributed by atoms with Crippen LogP contribution in [0.3, 0.4) is 0 Å². The first-order valence-corrected chi connectivity index (χ1v) is 9.18. The van der Waals surface area contributed by atoms with E-state index in [1.807, 2.05) is 12.1 Å². The van der Waals surface area contributed by atoms with Crippen molar-refractivity contribution in [2.75, 3.05) is 13.1 Å². The van der Waals surface area contributed by atoms with E-state index in [4.69, 9.17) is 9.66 Å². The number of nitrogens with zero attached hydrogens (tertiary/aromatic N) is 3. The molecular formula is C15H20N4O3S. The molecule has 2 N–H and O–H groups in total. The molecule has 1 aliphatic rings. The third-order valence-electron chi connectivity index (χ3n) is 4.23. The summed E-state index contributed by atoms with van der Waals surface area (Å²) in [6.07, 6.45) is 2.25. The van der Waals surface area contributed by atoms with Gasteiger partial charge in [0.1, 0.15) is 0 Å². The van der Waals surface area contributed by atoms with E-state index in [9.17, 15) is 8.42 Å². The minimum atomic E-state index is -3.61. The quantitative estimate of drug-likeness (QED) is 0.915. The maximum atomic E-state index is 11.3. The van der Waals surface area contributed by atoms with Gasteiger partial charge < -0.3 is 4.52 Å². The molecule has 0 atom stereocenters. The Labute approximate surface area is 135 Å². The summed E-state index contributed by atoms with van der Waals surface area (Å²) in [6.45, 7) is 2.87. The Kier molecular flexibility index (Phi) is 4.47. The lowest BCUT2D eigenvalue weighted by Gasteiger charge is -2.27. The first kappa shape index (κ1) is 16.1. The van der Waals surface area contributed by atoms with E-state index < -0.39 is 10.2 Å². The SMILES string of the molecule is CCc1ccc(-c2noc(C3CCN(S(N)(=O)=O)CC3)n2)cc1. The molecule has 1 fully saturated rings. The first-order chi connectivity index (χ1) is 11.0. The van der Waals surface area contributed by atoms with Gasteiger partial charge in [0, 0.05) is 24.6 Å². The summed E-state index contributed by atoms with van der Waals surface area (Å²) in [5.74, 6) is 1.20. The molecule has 2 heterocycles. The van der Waals surface area contributed by atoms with Crippen LogP contribution in [-0.4, -0.2) is 36.0 Å². The standard InChI is InChI=1S/C15H20N4O3S/c1-2-11-3-5-12(6-4-11)14-17-15(22-18-14)13-7-9-19(10-8-13)23(16,20)21/h3-6,13H,2,7-10H2,1H3,(H2,16,20,21). The molecule has 0 unspecified atom stereocenters. The van der Waals surface area contributed by atoms with Crippen LogP contribution in [0, 0.1) is 0 Å². The highest BCUT2D eigenvalue weighted by Gasteiger charge is 2.29. The van der Waals surface area contributed by atoms with Crippen molar-refractivity contribution in [3.05, 3.63) is 35.7 Å². The fourth-order valence-corrected chi connectivity index (χ4v) is 3.48. The van der Waals surface area contributed by atoms with Crippen LogP contribution < -0.4 is 5.14 Å². The van der Waals surface area contributed by atoms with Gasteiger partial charge in [-0.1, -0.05) is 36.3 Å². The Balaban J connectivity index is 1.70. The molecule has 0 radical (unpaired) electrons. The minimum absolute atomic E-state index is 0.0733. The highest BCUT2D eigenvalue weighted by atomic mass is 32.2. The van der Waals surface area contributed by atoms with Crippen LogP contribution in [0.5, 0.6) is 0 Å². The van der Waals surface area contributed by atoms with Gasteiger partial charge >= 0.3 is 0 Å². The van der Waals surface area contributed by atoms with Crippen molar-refractivity contribution in [1.29, 1.82) is 0 Å². The summed E-state index contributed by atoms with van der Waals surface area (Å²) in [5.41, 5.74) is 2.17. The normalized spacial score (nSPS) is 17.5. The summed E-state index contributed by atoms with van der Waals surface area (Å²) in [6, 6.07) is 8.07. The van der Waals surface area contributed by atoms with Gasteiger partial charge in [0.15, 0.2) is 0 Å². The number of aromatic nitrogens is 2. The van der Waals surface area contributed by atoms with Gasteiger partial charge in [-0.15, -0.1) is 0 Å². The monoisotopic (exact) mass is 336 g/mol. The second-order valence-corrected chi connectivity index (χ2v) is 7.27. The topological polar surface area (TPSA) is 102 Å². The molecule has 8 heteroatoms. The Bertz CT molecular complexity index is 762. The van der Waals surface area contributed by atoms with Crippen molar-refractivity contribution in [2.24, 2.45) is 5.14 Å². The van der Waals surface area contributed by atoms with Crippen LogP contribution in [0.2, 0.25) is 0 Å². The van der Waals surface area contributed by atoms with Gasteiger partial charge in [0.05, 0.1) is 0 Å². The second kappa shape index (κ2) is 6.38. The molecule has 2 aromatic rings. The van der Waals surface area contributed by atoms with Gasteiger partial charge in [-0.2, -0.15) is 17.7 Å². The van der Waals surface area contributed by atoms with E-state index in [1.165, 1.54) is 9.87 Å². The molecule has 0 bridgehead atoms. The predicted molar refractivity (Wildman–Crippen MR) is 85.8 cm³/mol. The number of benzene rings is 1. The van der Waals surface area contributed by atoms with E-state index in [1.54, 1.807) is 0 Å². The second-order valence-electron chi connectivity index (χ2n) is 5.72.